The lowest BCUT2D eigenvalue weighted by Gasteiger charge is -2.22. The van der Waals surface area contributed by atoms with Crippen LogP contribution in [0.1, 0.15) is 25.8 Å². The zero-order chi connectivity index (χ0) is 15.7. The standard InChI is InChI=1S/C16H26BrNO3/c1-16(2,20-4)7-9-21-14-5-6-15(17)13(11-14)12-18-8-10-19-3/h5-6,11,18H,7-10,12H2,1-4H3. The van der Waals surface area contributed by atoms with E-state index in [1.807, 2.05) is 12.1 Å². The molecule has 0 atom stereocenters. The van der Waals surface area contributed by atoms with Gasteiger partial charge in [0.05, 0.1) is 18.8 Å². The van der Waals surface area contributed by atoms with E-state index in [9.17, 15) is 0 Å². The van der Waals surface area contributed by atoms with Crippen LogP contribution in [0.15, 0.2) is 22.7 Å². The fraction of sp³-hybridized carbons (Fsp3) is 0.625. The Hall–Kier alpha value is -0.620. The number of rotatable bonds is 10. The SMILES string of the molecule is COCCNCc1cc(OCCC(C)(C)OC)ccc1Br. The van der Waals surface area contributed by atoms with Gasteiger partial charge < -0.3 is 19.5 Å². The van der Waals surface area contributed by atoms with Gasteiger partial charge in [0.2, 0.25) is 0 Å². The number of hydrogen-bond acceptors (Lipinski definition) is 4. The first-order valence-electron chi connectivity index (χ1n) is 7.14. The second-order valence-electron chi connectivity index (χ2n) is 5.49. The molecule has 120 valence electrons. The molecule has 0 amide bonds. The van der Waals surface area contributed by atoms with Crippen LogP contribution in [-0.2, 0) is 16.0 Å². The van der Waals surface area contributed by atoms with E-state index < -0.39 is 0 Å². The maximum Gasteiger partial charge on any atom is 0.119 e. The van der Waals surface area contributed by atoms with E-state index in [0.717, 1.165) is 29.7 Å². The second-order valence-corrected chi connectivity index (χ2v) is 6.34. The van der Waals surface area contributed by atoms with Gasteiger partial charge in [-0.3, -0.25) is 0 Å². The summed E-state index contributed by atoms with van der Waals surface area (Å²) < 4.78 is 17.3. The molecule has 0 aliphatic heterocycles. The first kappa shape index (κ1) is 18.4. The monoisotopic (exact) mass is 359 g/mol. The van der Waals surface area contributed by atoms with E-state index in [2.05, 4.69) is 41.2 Å². The van der Waals surface area contributed by atoms with Crippen LogP contribution < -0.4 is 10.1 Å². The Kier molecular flexibility index (Phi) is 8.26. The summed E-state index contributed by atoms with van der Waals surface area (Å²) in [4.78, 5) is 0. The van der Waals surface area contributed by atoms with E-state index in [1.54, 1.807) is 14.2 Å². The minimum atomic E-state index is -0.153. The van der Waals surface area contributed by atoms with E-state index in [-0.39, 0.29) is 5.60 Å². The number of benzene rings is 1. The lowest BCUT2D eigenvalue weighted by molar-refractivity contribution is 0.00545. The van der Waals surface area contributed by atoms with Gasteiger partial charge in [-0.15, -0.1) is 0 Å². The number of halogens is 1. The van der Waals surface area contributed by atoms with E-state index >= 15 is 0 Å². The molecule has 0 heterocycles. The van der Waals surface area contributed by atoms with Crippen molar-refractivity contribution in [2.75, 3.05) is 34.0 Å². The first-order valence-corrected chi connectivity index (χ1v) is 7.94. The molecular weight excluding hydrogens is 334 g/mol. The van der Waals surface area contributed by atoms with Gasteiger partial charge >= 0.3 is 0 Å². The zero-order valence-corrected chi connectivity index (χ0v) is 15.0. The van der Waals surface area contributed by atoms with Crippen molar-refractivity contribution in [1.82, 2.24) is 5.32 Å². The van der Waals surface area contributed by atoms with Gasteiger partial charge in [0.1, 0.15) is 5.75 Å². The van der Waals surface area contributed by atoms with E-state index in [4.69, 9.17) is 14.2 Å². The van der Waals surface area contributed by atoms with E-state index in [0.29, 0.717) is 13.2 Å². The maximum atomic E-state index is 5.81. The van der Waals surface area contributed by atoms with Gasteiger partial charge in [-0.1, -0.05) is 15.9 Å². The third-order valence-corrected chi connectivity index (χ3v) is 4.11. The molecular formula is C16H26BrNO3. The molecule has 0 unspecified atom stereocenters. The first-order chi connectivity index (χ1) is 9.98. The maximum absolute atomic E-state index is 5.81. The lowest BCUT2D eigenvalue weighted by atomic mass is 10.1. The number of hydrogen-bond donors (Lipinski definition) is 1. The lowest BCUT2D eigenvalue weighted by Crippen LogP contribution is -2.25. The summed E-state index contributed by atoms with van der Waals surface area (Å²) in [6, 6.07) is 6.05. The minimum absolute atomic E-state index is 0.153. The predicted molar refractivity (Wildman–Crippen MR) is 88.9 cm³/mol. The van der Waals surface area contributed by atoms with Crippen molar-refractivity contribution in [3.8, 4) is 5.75 Å². The fourth-order valence-electron chi connectivity index (χ4n) is 1.69. The van der Waals surface area contributed by atoms with Crippen LogP contribution in [0.3, 0.4) is 0 Å². The Balaban J connectivity index is 2.48. The van der Waals surface area contributed by atoms with Gasteiger partial charge in [0.15, 0.2) is 0 Å². The van der Waals surface area contributed by atoms with Crippen LogP contribution in [0.2, 0.25) is 0 Å². The van der Waals surface area contributed by atoms with Crippen molar-refractivity contribution in [2.45, 2.75) is 32.4 Å². The number of methoxy groups -OCH3 is 2. The molecule has 0 aromatic heterocycles. The molecule has 0 radical (unpaired) electrons. The molecule has 0 saturated carbocycles. The molecule has 1 aromatic rings. The summed E-state index contributed by atoms with van der Waals surface area (Å²) in [5, 5.41) is 3.33. The Labute approximate surface area is 136 Å². The van der Waals surface area contributed by atoms with Crippen molar-refractivity contribution >= 4 is 15.9 Å². The molecule has 21 heavy (non-hydrogen) atoms. The molecule has 0 aliphatic rings. The number of nitrogens with one attached hydrogen (secondary N) is 1. The number of ether oxygens (including phenoxy) is 3. The quantitative estimate of drug-likeness (QED) is 0.650. The smallest absolute Gasteiger partial charge is 0.119 e. The average molecular weight is 360 g/mol. The minimum Gasteiger partial charge on any atom is -0.493 e. The fourth-order valence-corrected chi connectivity index (χ4v) is 2.08. The summed E-state index contributed by atoms with van der Waals surface area (Å²) in [6.07, 6.45) is 0.848. The molecule has 1 rings (SSSR count). The molecule has 0 bridgehead atoms. The van der Waals surface area contributed by atoms with Crippen molar-refractivity contribution in [3.63, 3.8) is 0 Å². The van der Waals surface area contributed by atoms with Crippen LogP contribution in [0.5, 0.6) is 5.75 Å². The van der Waals surface area contributed by atoms with Crippen LogP contribution in [-0.4, -0.2) is 39.6 Å². The Morgan fingerprint density at radius 3 is 2.62 bits per heavy atom. The van der Waals surface area contributed by atoms with Gasteiger partial charge in [0, 0.05) is 38.2 Å². The third-order valence-electron chi connectivity index (χ3n) is 3.34. The van der Waals surface area contributed by atoms with Crippen LogP contribution in [0.4, 0.5) is 0 Å². The van der Waals surface area contributed by atoms with Gasteiger partial charge in [-0.25, -0.2) is 0 Å². The van der Waals surface area contributed by atoms with Crippen molar-refractivity contribution < 1.29 is 14.2 Å². The molecule has 0 saturated heterocycles. The van der Waals surface area contributed by atoms with Crippen LogP contribution >= 0.6 is 15.9 Å². The predicted octanol–water partition coefficient (Wildman–Crippen LogP) is 3.38. The molecule has 5 heteroatoms. The topological polar surface area (TPSA) is 39.7 Å². The van der Waals surface area contributed by atoms with E-state index in [1.165, 1.54) is 5.56 Å². The van der Waals surface area contributed by atoms with Gasteiger partial charge in [-0.05, 0) is 37.6 Å². The second kappa shape index (κ2) is 9.41. The molecule has 1 aromatic carbocycles. The molecule has 0 fully saturated rings. The molecule has 0 aliphatic carbocycles. The highest BCUT2D eigenvalue weighted by atomic mass is 79.9. The largest absolute Gasteiger partial charge is 0.493 e. The summed E-state index contributed by atoms with van der Waals surface area (Å²) in [6.45, 7) is 7.08. The summed E-state index contributed by atoms with van der Waals surface area (Å²) in [5.74, 6) is 0.883. The van der Waals surface area contributed by atoms with Crippen molar-refractivity contribution in [1.29, 1.82) is 0 Å². The molecule has 4 nitrogen and oxygen atoms in total. The normalized spacial score (nSPS) is 11.7. The Morgan fingerprint density at radius 2 is 1.95 bits per heavy atom. The Bertz CT molecular complexity index is 424. The highest BCUT2D eigenvalue weighted by Crippen LogP contribution is 2.23. The van der Waals surface area contributed by atoms with Gasteiger partial charge in [-0.2, -0.15) is 0 Å². The van der Waals surface area contributed by atoms with Crippen molar-refractivity contribution in [2.24, 2.45) is 0 Å². The van der Waals surface area contributed by atoms with Gasteiger partial charge in [0.25, 0.3) is 0 Å². The van der Waals surface area contributed by atoms with Crippen LogP contribution in [0, 0.1) is 0 Å². The summed E-state index contributed by atoms with van der Waals surface area (Å²) >= 11 is 3.56. The molecule has 0 spiro atoms. The highest BCUT2D eigenvalue weighted by Gasteiger charge is 2.16. The van der Waals surface area contributed by atoms with Crippen LogP contribution in [0.25, 0.3) is 0 Å². The summed E-state index contributed by atoms with van der Waals surface area (Å²) in [5.41, 5.74) is 1.02. The third kappa shape index (κ3) is 7.27. The molecule has 1 N–H and O–H groups in total. The highest BCUT2D eigenvalue weighted by molar-refractivity contribution is 9.10. The zero-order valence-electron chi connectivity index (χ0n) is 13.4. The summed E-state index contributed by atoms with van der Waals surface area (Å²) in [7, 11) is 3.43. The van der Waals surface area contributed by atoms with Crippen molar-refractivity contribution in [3.05, 3.63) is 28.2 Å². The average Bonchev–Trinajstić information content (AvgIpc) is 2.46. The Morgan fingerprint density at radius 1 is 1.19 bits per heavy atom.